The van der Waals surface area contributed by atoms with Crippen LogP contribution in [-0.2, 0) is 9.57 Å². The molecule has 1 atom stereocenters. The van der Waals surface area contributed by atoms with E-state index in [2.05, 4.69) is 19.0 Å². The first-order valence-electron chi connectivity index (χ1n) is 8.35. The maximum atomic E-state index is 5.92. The molecule has 0 amide bonds. The number of nitrogens with zero attached hydrogens (tertiary/aromatic N) is 1. The third-order valence-electron chi connectivity index (χ3n) is 4.06. The van der Waals surface area contributed by atoms with Crippen LogP contribution in [0.3, 0.4) is 0 Å². The van der Waals surface area contributed by atoms with E-state index in [-0.39, 0.29) is 5.60 Å². The fourth-order valence-electron chi connectivity index (χ4n) is 2.81. The number of rotatable bonds is 6. The Labute approximate surface area is 137 Å². The first kappa shape index (κ1) is 16.1. The lowest BCUT2D eigenvalue weighted by Crippen LogP contribution is -2.29. The van der Waals surface area contributed by atoms with E-state index in [0.717, 1.165) is 42.2 Å². The van der Waals surface area contributed by atoms with Gasteiger partial charge < -0.3 is 19.0 Å². The normalized spacial score (nSPS) is 23.2. The molecule has 0 bridgehead atoms. The van der Waals surface area contributed by atoms with Gasteiger partial charge in [0.05, 0.1) is 32.1 Å². The molecule has 5 heteroatoms. The lowest BCUT2D eigenvalue weighted by molar-refractivity contribution is -0.0237. The Kier molecular flexibility index (Phi) is 4.76. The molecule has 2 aliphatic rings. The fraction of sp³-hybridized carbons (Fsp3) is 0.611. The van der Waals surface area contributed by atoms with Gasteiger partial charge in [0.15, 0.2) is 17.1 Å². The molecule has 1 aromatic carbocycles. The van der Waals surface area contributed by atoms with Crippen LogP contribution in [-0.4, -0.2) is 37.7 Å². The van der Waals surface area contributed by atoms with Gasteiger partial charge in [0, 0.05) is 18.4 Å². The molecular formula is C18H25NO4. The van der Waals surface area contributed by atoms with Crippen molar-refractivity contribution >= 4 is 5.71 Å². The molecule has 1 unspecified atom stereocenters. The van der Waals surface area contributed by atoms with Crippen LogP contribution in [0, 0.1) is 5.92 Å². The van der Waals surface area contributed by atoms with Gasteiger partial charge in [-0.3, -0.25) is 0 Å². The van der Waals surface area contributed by atoms with Crippen molar-refractivity contribution in [1.29, 1.82) is 0 Å². The van der Waals surface area contributed by atoms with Crippen molar-refractivity contribution in [3.63, 3.8) is 0 Å². The average Bonchev–Trinajstić information content (AvgIpc) is 3.17. The molecular weight excluding hydrogens is 294 g/mol. The van der Waals surface area contributed by atoms with E-state index in [4.69, 9.17) is 19.0 Å². The number of hydrogen-bond donors (Lipinski definition) is 0. The smallest absolute Gasteiger partial charge is 0.168 e. The van der Waals surface area contributed by atoms with Crippen molar-refractivity contribution in [2.75, 3.05) is 26.4 Å². The minimum absolute atomic E-state index is 0.257. The summed E-state index contributed by atoms with van der Waals surface area (Å²) in [5, 5.41) is 4.29. The number of hydrogen-bond acceptors (Lipinski definition) is 5. The third-order valence-corrected chi connectivity index (χ3v) is 4.06. The van der Waals surface area contributed by atoms with Gasteiger partial charge in [0.25, 0.3) is 0 Å². The van der Waals surface area contributed by atoms with Gasteiger partial charge in [-0.2, -0.15) is 0 Å². The molecule has 5 nitrogen and oxygen atoms in total. The number of oxime groups is 1. The second-order valence-electron chi connectivity index (χ2n) is 6.59. The van der Waals surface area contributed by atoms with E-state index in [0.29, 0.717) is 25.7 Å². The maximum Gasteiger partial charge on any atom is 0.168 e. The van der Waals surface area contributed by atoms with Crippen molar-refractivity contribution in [3.05, 3.63) is 23.8 Å². The molecule has 0 aliphatic carbocycles. The minimum atomic E-state index is -0.257. The summed E-state index contributed by atoms with van der Waals surface area (Å²) in [6.07, 6.45) is 1.68. The predicted octanol–water partition coefficient (Wildman–Crippen LogP) is 3.40. The molecule has 0 saturated carbocycles. The Bertz CT molecular complexity index is 576. The summed E-state index contributed by atoms with van der Waals surface area (Å²) in [4.78, 5) is 5.68. The summed E-state index contributed by atoms with van der Waals surface area (Å²) in [5.41, 5.74) is 1.72. The molecule has 2 heterocycles. The van der Waals surface area contributed by atoms with Crippen molar-refractivity contribution in [2.24, 2.45) is 11.1 Å². The standard InChI is InChI=1S/C18H25NO4/c1-4-21-16-6-5-14(9-17(16)22-11-13(2)3)15-10-18(23-19-15)7-8-20-12-18/h5-6,9,13H,4,7-8,10-12H2,1-3H3. The maximum absolute atomic E-state index is 5.92. The molecule has 3 rings (SSSR count). The van der Waals surface area contributed by atoms with Crippen LogP contribution in [0.25, 0.3) is 0 Å². The van der Waals surface area contributed by atoms with Crippen molar-refractivity contribution in [3.8, 4) is 11.5 Å². The van der Waals surface area contributed by atoms with Crippen LogP contribution in [0.5, 0.6) is 11.5 Å². The summed E-state index contributed by atoms with van der Waals surface area (Å²) in [7, 11) is 0. The summed E-state index contributed by atoms with van der Waals surface area (Å²) < 4.78 is 17.1. The molecule has 1 aromatic rings. The number of ether oxygens (including phenoxy) is 3. The summed E-state index contributed by atoms with van der Waals surface area (Å²) in [6, 6.07) is 5.97. The Balaban J connectivity index is 1.78. The molecule has 23 heavy (non-hydrogen) atoms. The van der Waals surface area contributed by atoms with Gasteiger partial charge in [-0.05, 0) is 31.0 Å². The Morgan fingerprint density at radius 2 is 2.13 bits per heavy atom. The van der Waals surface area contributed by atoms with E-state index in [9.17, 15) is 0 Å². The SMILES string of the molecule is CCOc1ccc(C2=NOC3(CCOC3)C2)cc1OCC(C)C. The Morgan fingerprint density at radius 3 is 2.83 bits per heavy atom. The van der Waals surface area contributed by atoms with Crippen LogP contribution in [0.2, 0.25) is 0 Å². The van der Waals surface area contributed by atoms with Gasteiger partial charge in [-0.15, -0.1) is 0 Å². The topological polar surface area (TPSA) is 49.3 Å². The lowest BCUT2D eigenvalue weighted by Gasteiger charge is -2.17. The van der Waals surface area contributed by atoms with Gasteiger partial charge in [0.1, 0.15) is 0 Å². The van der Waals surface area contributed by atoms with Crippen molar-refractivity contribution in [1.82, 2.24) is 0 Å². The van der Waals surface area contributed by atoms with Crippen LogP contribution in [0.1, 0.15) is 39.2 Å². The monoisotopic (exact) mass is 319 g/mol. The third kappa shape index (κ3) is 3.61. The zero-order valence-electron chi connectivity index (χ0n) is 14.1. The van der Waals surface area contributed by atoms with Gasteiger partial charge in [-0.1, -0.05) is 19.0 Å². The molecule has 1 saturated heterocycles. The summed E-state index contributed by atoms with van der Waals surface area (Å²) >= 11 is 0. The summed E-state index contributed by atoms with van der Waals surface area (Å²) in [6.45, 7) is 8.86. The van der Waals surface area contributed by atoms with Gasteiger partial charge >= 0.3 is 0 Å². The van der Waals surface area contributed by atoms with Crippen molar-refractivity contribution in [2.45, 2.75) is 39.2 Å². The fourth-order valence-corrected chi connectivity index (χ4v) is 2.81. The second-order valence-corrected chi connectivity index (χ2v) is 6.59. The zero-order chi connectivity index (χ0) is 16.3. The lowest BCUT2D eigenvalue weighted by atomic mass is 9.93. The van der Waals surface area contributed by atoms with Crippen LogP contribution < -0.4 is 9.47 Å². The molecule has 0 aromatic heterocycles. The molecule has 2 aliphatic heterocycles. The molecule has 0 radical (unpaired) electrons. The van der Waals surface area contributed by atoms with Gasteiger partial charge in [0.2, 0.25) is 0 Å². The first-order chi connectivity index (χ1) is 11.1. The van der Waals surface area contributed by atoms with E-state index in [1.165, 1.54) is 0 Å². The molecule has 1 fully saturated rings. The highest BCUT2D eigenvalue weighted by molar-refractivity contribution is 6.02. The highest BCUT2D eigenvalue weighted by atomic mass is 16.7. The molecule has 1 spiro atoms. The van der Waals surface area contributed by atoms with E-state index >= 15 is 0 Å². The van der Waals surface area contributed by atoms with E-state index < -0.39 is 0 Å². The second kappa shape index (κ2) is 6.79. The van der Waals surface area contributed by atoms with Crippen LogP contribution >= 0.6 is 0 Å². The zero-order valence-corrected chi connectivity index (χ0v) is 14.1. The van der Waals surface area contributed by atoms with Crippen LogP contribution in [0.15, 0.2) is 23.4 Å². The number of benzene rings is 1. The van der Waals surface area contributed by atoms with E-state index in [1.54, 1.807) is 0 Å². The minimum Gasteiger partial charge on any atom is -0.490 e. The van der Waals surface area contributed by atoms with Crippen LogP contribution in [0.4, 0.5) is 0 Å². The Hall–Kier alpha value is -1.75. The van der Waals surface area contributed by atoms with Crippen molar-refractivity contribution < 1.29 is 19.0 Å². The first-order valence-corrected chi connectivity index (χ1v) is 8.35. The largest absolute Gasteiger partial charge is 0.490 e. The highest BCUT2D eigenvalue weighted by Crippen LogP contribution is 2.36. The molecule has 0 N–H and O–H groups in total. The highest BCUT2D eigenvalue weighted by Gasteiger charge is 2.43. The molecule has 126 valence electrons. The quantitative estimate of drug-likeness (QED) is 0.806. The van der Waals surface area contributed by atoms with E-state index in [1.807, 2.05) is 25.1 Å². The predicted molar refractivity (Wildman–Crippen MR) is 88.4 cm³/mol. The Morgan fingerprint density at radius 1 is 1.26 bits per heavy atom. The summed E-state index contributed by atoms with van der Waals surface area (Å²) in [5.74, 6) is 2.00. The average molecular weight is 319 g/mol. The van der Waals surface area contributed by atoms with Gasteiger partial charge in [-0.25, -0.2) is 0 Å².